The molecule has 1 heterocycles. The van der Waals surface area contributed by atoms with Gasteiger partial charge in [0.1, 0.15) is 5.75 Å². The highest BCUT2D eigenvalue weighted by Crippen LogP contribution is 2.41. The summed E-state index contributed by atoms with van der Waals surface area (Å²) in [6.45, 7) is 7.66. The van der Waals surface area contributed by atoms with E-state index < -0.39 is 5.97 Å². The van der Waals surface area contributed by atoms with Gasteiger partial charge in [0.15, 0.2) is 0 Å². The van der Waals surface area contributed by atoms with Crippen LogP contribution in [0.2, 0.25) is 5.02 Å². The van der Waals surface area contributed by atoms with E-state index in [-0.39, 0.29) is 12.4 Å². The fourth-order valence-corrected chi connectivity index (χ4v) is 3.99. The molecule has 0 aliphatic carbocycles. The molecule has 0 fully saturated rings. The van der Waals surface area contributed by atoms with Gasteiger partial charge in [-0.2, -0.15) is 0 Å². The van der Waals surface area contributed by atoms with Crippen LogP contribution in [-0.4, -0.2) is 22.2 Å². The maximum atomic E-state index is 12.8. The number of rotatable bonds is 5. The number of allylic oxidation sites excluding steroid dienone is 1. The first-order valence-electron chi connectivity index (χ1n) is 8.50. The lowest BCUT2D eigenvalue weighted by Crippen LogP contribution is -2.07. The number of phenolic OH excluding ortho intramolecular Hbond substituents is 1. The zero-order valence-corrected chi connectivity index (χ0v) is 17.4. The topological polar surface area (TPSA) is 51.5 Å². The van der Waals surface area contributed by atoms with Gasteiger partial charge in [0.2, 0.25) is 0 Å². The summed E-state index contributed by atoms with van der Waals surface area (Å²) in [6.07, 6.45) is 2.11. The van der Waals surface area contributed by atoms with Crippen molar-refractivity contribution in [2.24, 2.45) is 0 Å². The van der Waals surface area contributed by atoms with Gasteiger partial charge < -0.3 is 14.4 Å². The van der Waals surface area contributed by atoms with Crippen molar-refractivity contribution in [3.63, 3.8) is 0 Å². The van der Waals surface area contributed by atoms with Gasteiger partial charge in [-0.25, -0.2) is 4.79 Å². The molecular weight excluding hydrogens is 430 g/mol. The van der Waals surface area contributed by atoms with Gasteiger partial charge in [-0.15, -0.1) is 6.58 Å². The summed E-state index contributed by atoms with van der Waals surface area (Å²) in [5.74, 6) is -0.330. The summed E-state index contributed by atoms with van der Waals surface area (Å²) in [6, 6.07) is 9.20. The molecule has 140 valence electrons. The third-order valence-corrected chi connectivity index (χ3v) is 5.26. The summed E-state index contributed by atoms with van der Waals surface area (Å²) >= 11 is 9.61. The second-order valence-corrected chi connectivity index (χ2v) is 7.36. The SMILES string of the molecule is C=CCc1c(O)c(Br)cc2c1c(C(=O)OCC)c(C)n2-c1cccc(Cl)c1. The van der Waals surface area contributed by atoms with E-state index in [1.165, 1.54) is 0 Å². The first kappa shape index (κ1) is 19.5. The number of fused-ring (bicyclic) bond motifs is 1. The van der Waals surface area contributed by atoms with Crippen molar-refractivity contribution in [3.8, 4) is 11.4 Å². The average molecular weight is 449 g/mol. The van der Waals surface area contributed by atoms with Crippen LogP contribution >= 0.6 is 27.5 Å². The lowest BCUT2D eigenvalue weighted by molar-refractivity contribution is 0.0527. The largest absolute Gasteiger partial charge is 0.506 e. The first-order chi connectivity index (χ1) is 12.9. The van der Waals surface area contributed by atoms with Crippen LogP contribution in [-0.2, 0) is 11.2 Å². The van der Waals surface area contributed by atoms with Crippen LogP contribution < -0.4 is 0 Å². The number of phenols is 1. The van der Waals surface area contributed by atoms with E-state index >= 15 is 0 Å². The number of halogens is 2. The van der Waals surface area contributed by atoms with Crippen LogP contribution in [0.5, 0.6) is 5.75 Å². The van der Waals surface area contributed by atoms with Crippen LogP contribution in [0.1, 0.15) is 28.5 Å². The van der Waals surface area contributed by atoms with E-state index in [0.717, 1.165) is 11.2 Å². The molecule has 2 aromatic carbocycles. The van der Waals surface area contributed by atoms with Crippen molar-refractivity contribution in [2.45, 2.75) is 20.3 Å². The van der Waals surface area contributed by atoms with Crippen molar-refractivity contribution < 1.29 is 14.6 Å². The number of aromatic nitrogens is 1. The highest BCUT2D eigenvalue weighted by Gasteiger charge is 2.26. The molecule has 0 aliphatic rings. The Kier molecular flexibility index (Phi) is 5.63. The normalized spacial score (nSPS) is 11.0. The fraction of sp³-hybridized carbons (Fsp3) is 0.190. The molecule has 0 radical (unpaired) electrons. The first-order valence-corrected chi connectivity index (χ1v) is 9.67. The van der Waals surface area contributed by atoms with Crippen molar-refractivity contribution >= 4 is 44.4 Å². The molecule has 0 aliphatic heterocycles. The van der Waals surface area contributed by atoms with E-state index in [1.54, 1.807) is 25.1 Å². The minimum atomic E-state index is -0.423. The van der Waals surface area contributed by atoms with Gasteiger partial charge in [-0.1, -0.05) is 23.7 Å². The van der Waals surface area contributed by atoms with Gasteiger partial charge in [0, 0.05) is 27.4 Å². The fourth-order valence-electron chi connectivity index (χ4n) is 3.35. The molecule has 6 heteroatoms. The highest BCUT2D eigenvalue weighted by molar-refractivity contribution is 9.10. The molecule has 0 unspecified atom stereocenters. The Bertz CT molecular complexity index is 1060. The number of nitrogens with zero attached hydrogens (tertiary/aromatic N) is 1. The van der Waals surface area contributed by atoms with E-state index in [4.69, 9.17) is 16.3 Å². The van der Waals surface area contributed by atoms with Crippen LogP contribution in [0, 0.1) is 6.92 Å². The van der Waals surface area contributed by atoms with E-state index in [2.05, 4.69) is 22.5 Å². The number of hydrogen-bond acceptors (Lipinski definition) is 3. The lowest BCUT2D eigenvalue weighted by atomic mass is 10.0. The Morgan fingerprint density at radius 2 is 2.15 bits per heavy atom. The number of hydrogen-bond donors (Lipinski definition) is 1. The predicted octanol–water partition coefficient (Wildman–Crippen LogP) is 5.97. The maximum absolute atomic E-state index is 12.8. The Balaban J connectivity index is 2.49. The van der Waals surface area contributed by atoms with Crippen LogP contribution in [0.25, 0.3) is 16.6 Å². The number of carbonyl (C=O) groups excluding carboxylic acids is 1. The molecule has 0 saturated heterocycles. The molecule has 3 aromatic rings. The zero-order chi connectivity index (χ0) is 19.7. The molecule has 0 saturated carbocycles. The molecule has 0 bridgehead atoms. The van der Waals surface area contributed by atoms with Crippen molar-refractivity contribution in [1.29, 1.82) is 0 Å². The Hall–Kier alpha value is -2.24. The van der Waals surface area contributed by atoms with E-state index in [0.29, 0.717) is 38.1 Å². The van der Waals surface area contributed by atoms with Gasteiger partial charge in [-0.3, -0.25) is 0 Å². The molecule has 0 amide bonds. The van der Waals surface area contributed by atoms with E-state index in [9.17, 15) is 9.90 Å². The number of ether oxygens (including phenoxy) is 1. The van der Waals surface area contributed by atoms with Gasteiger partial charge in [-0.05, 0) is 60.5 Å². The third kappa shape index (κ3) is 3.37. The Morgan fingerprint density at radius 3 is 2.78 bits per heavy atom. The number of carbonyl (C=O) groups is 1. The highest BCUT2D eigenvalue weighted by atomic mass is 79.9. The minimum Gasteiger partial charge on any atom is -0.506 e. The summed E-state index contributed by atoms with van der Waals surface area (Å²) in [5.41, 5.74) is 3.38. The van der Waals surface area contributed by atoms with Crippen LogP contribution in [0.4, 0.5) is 0 Å². The maximum Gasteiger partial charge on any atom is 0.340 e. The summed E-state index contributed by atoms with van der Waals surface area (Å²) in [5, 5.41) is 11.9. The Labute approximate surface area is 171 Å². The molecule has 0 spiro atoms. The van der Waals surface area contributed by atoms with Gasteiger partial charge in [0.05, 0.1) is 22.2 Å². The summed E-state index contributed by atoms with van der Waals surface area (Å²) in [4.78, 5) is 12.8. The molecule has 27 heavy (non-hydrogen) atoms. The van der Waals surface area contributed by atoms with Crippen molar-refractivity contribution in [1.82, 2.24) is 4.57 Å². The van der Waals surface area contributed by atoms with Crippen LogP contribution in [0.15, 0.2) is 47.5 Å². The minimum absolute atomic E-state index is 0.0937. The molecular formula is C21H19BrClNO3. The third-order valence-electron chi connectivity index (χ3n) is 4.42. The average Bonchev–Trinajstić information content (AvgIpc) is 2.91. The standard InChI is InChI=1S/C21H19BrClNO3/c1-4-7-15-19-17(11-16(22)20(15)25)24(14-9-6-8-13(23)10-14)12(3)18(19)21(26)27-5-2/h4,6,8-11,25H,1,5,7H2,2-3H3. The monoisotopic (exact) mass is 447 g/mol. The lowest BCUT2D eigenvalue weighted by Gasteiger charge is -2.11. The van der Waals surface area contributed by atoms with E-state index in [1.807, 2.05) is 29.7 Å². The number of benzene rings is 2. The second kappa shape index (κ2) is 7.79. The summed E-state index contributed by atoms with van der Waals surface area (Å²) < 4.78 is 7.79. The Morgan fingerprint density at radius 1 is 1.41 bits per heavy atom. The van der Waals surface area contributed by atoms with Gasteiger partial charge >= 0.3 is 5.97 Å². The zero-order valence-electron chi connectivity index (χ0n) is 15.1. The quantitative estimate of drug-likeness (QED) is 0.387. The van der Waals surface area contributed by atoms with Crippen molar-refractivity contribution in [3.05, 3.63) is 69.3 Å². The van der Waals surface area contributed by atoms with Crippen molar-refractivity contribution in [2.75, 3.05) is 6.61 Å². The molecule has 1 N–H and O–H groups in total. The van der Waals surface area contributed by atoms with Gasteiger partial charge in [0.25, 0.3) is 0 Å². The molecule has 3 rings (SSSR count). The predicted molar refractivity (Wildman–Crippen MR) is 112 cm³/mol. The molecule has 1 aromatic heterocycles. The van der Waals surface area contributed by atoms with Crippen LogP contribution in [0.3, 0.4) is 0 Å². The smallest absolute Gasteiger partial charge is 0.340 e. The summed E-state index contributed by atoms with van der Waals surface area (Å²) in [7, 11) is 0. The number of esters is 1. The molecule has 4 nitrogen and oxygen atoms in total. The molecule has 0 atom stereocenters. The number of aromatic hydroxyl groups is 1. The second-order valence-electron chi connectivity index (χ2n) is 6.07.